The number of benzene rings is 2. The minimum Gasteiger partial charge on any atom is -0.310 e. The molecule has 3 rings (SSSR count). The summed E-state index contributed by atoms with van der Waals surface area (Å²) in [5.74, 6) is 0. The summed E-state index contributed by atoms with van der Waals surface area (Å²) in [4.78, 5) is 2.26. The summed E-state index contributed by atoms with van der Waals surface area (Å²) in [6.07, 6.45) is 0. The van der Waals surface area contributed by atoms with Gasteiger partial charge in [-0.05, 0) is 35.7 Å². The lowest BCUT2D eigenvalue weighted by Crippen LogP contribution is -2.08. The number of anilines is 3. The van der Waals surface area contributed by atoms with Crippen molar-refractivity contribution in [3.63, 3.8) is 0 Å². The molecule has 3 aromatic rings. The summed E-state index contributed by atoms with van der Waals surface area (Å²) >= 11 is 1.72. The van der Waals surface area contributed by atoms with E-state index in [1.54, 1.807) is 11.3 Å². The van der Waals surface area contributed by atoms with Crippen LogP contribution in [0.2, 0.25) is 0 Å². The highest BCUT2D eigenvalue weighted by atomic mass is 32.1. The average molecular weight is 251 g/mol. The van der Waals surface area contributed by atoms with E-state index in [0.29, 0.717) is 0 Å². The predicted octanol–water partition coefficient (Wildman–Crippen LogP) is 5.22. The molecule has 0 aliphatic carbocycles. The third-order valence-electron chi connectivity index (χ3n) is 2.79. The Balaban J connectivity index is 2.11. The van der Waals surface area contributed by atoms with Crippen LogP contribution < -0.4 is 4.90 Å². The molecule has 1 nitrogen and oxygen atoms in total. The summed E-state index contributed by atoms with van der Waals surface area (Å²) < 4.78 is 0. The highest BCUT2D eigenvalue weighted by Crippen LogP contribution is 2.34. The molecule has 0 saturated heterocycles. The van der Waals surface area contributed by atoms with Crippen molar-refractivity contribution in [3.05, 3.63) is 77.5 Å². The zero-order valence-electron chi connectivity index (χ0n) is 9.86. The van der Waals surface area contributed by atoms with Crippen LogP contribution in [-0.2, 0) is 0 Å². The highest BCUT2D eigenvalue weighted by molar-refractivity contribution is 7.08. The van der Waals surface area contributed by atoms with Gasteiger partial charge in [0.25, 0.3) is 0 Å². The zero-order chi connectivity index (χ0) is 12.2. The SMILES string of the molecule is c1ccc(N(c2ccccc2)c2ccsc2)cc1. The van der Waals surface area contributed by atoms with E-state index in [-0.39, 0.29) is 0 Å². The second kappa shape index (κ2) is 5.07. The molecule has 88 valence electrons. The quantitative estimate of drug-likeness (QED) is 0.617. The van der Waals surface area contributed by atoms with E-state index in [9.17, 15) is 0 Å². The van der Waals surface area contributed by atoms with Gasteiger partial charge in [0, 0.05) is 16.8 Å². The molecule has 2 heteroatoms. The maximum Gasteiger partial charge on any atom is 0.0568 e. The number of nitrogens with zero attached hydrogens (tertiary/aromatic N) is 1. The molecule has 2 aromatic carbocycles. The van der Waals surface area contributed by atoms with Gasteiger partial charge in [0.15, 0.2) is 0 Å². The fourth-order valence-electron chi connectivity index (χ4n) is 1.99. The summed E-state index contributed by atoms with van der Waals surface area (Å²) in [6.45, 7) is 0. The first-order valence-corrected chi connectivity index (χ1v) is 6.82. The first kappa shape index (κ1) is 11.1. The Labute approximate surface area is 111 Å². The summed E-state index contributed by atoms with van der Waals surface area (Å²) in [5.41, 5.74) is 3.57. The van der Waals surface area contributed by atoms with Gasteiger partial charge in [-0.15, -0.1) is 0 Å². The Kier molecular flexibility index (Phi) is 3.11. The van der Waals surface area contributed by atoms with Crippen molar-refractivity contribution in [1.82, 2.24) is 0 Å². The fourth-order valence-corrected chi connectivity index (χ4v) is 2.61. The Hall–Kier alpha value is -2.06. The van der Waals surface area contributed by atoms with E-state index >= 15 is 0 Å². The van der Waals surface area contributed by atoms with Gasteiger partial charge in [-0.3, -0.25) is 0 Å². The minimum atomic E-state index is 1.18. The summed E-state index contributed by atoms with van der Waals surface area (Å²) in [7, 11) is 0. The largest absolute Gasteiger partial charge is 0.310 e. The molecule has 1 aromatic heterocycles. The van der Waals surface area contributed by atoms with E-state index in [4.69, 9.17) is 0 Å². The molecule has 18 heavy (non-hydrogen) atoms. The number of thiophene rings is 1. The van der Waals surface area contributed by atoms with Crippen molar-refractivity contribution in [2.24, 2.45) is 0 Å². The lowest BCUT2D eigenvalue weighted by atomic mass is 10.2. The van der Waals surface area contributed by atoms with Crippen molar-refractivity contribution < 1.29 is 0 Å². The van der Waals surface area contributed by atoms with Crippen LogP contribution in [0.4, 0.5) is 17.1 Å². The molecular weight excluding hydrogens is 238 g/mol. The van der Waals surface area contributed by atoms with Crippen LogP contribution in [0.25, 0.3) is 0 Å². The molecule has 1 heterocycles. The lowest BCUT2D eigenvalue weighted by Gasteiger charge is -2.23. The van der Waals surface area contributed by atoms with Crippen LogP contribution in [0, 0.1) is 0 Å². The molecule has 0 saturated carbocycles. The van der Waals surface area contributed by atoms with Gasteiger partial charge < -0.3 is 4.90 Å². The number of rotatable bonds is 3. The second-order valence-electron chi connectivity index (χ2n) is 3.99. The third-order valence-corrected chi connectivity index (χ3v) is 3.46. The molecule has 0 atom stereocenters. The van der Waals surface area contributed by atoms with Crippen LogP contribution >= 0.6 is 11.3 Å². The highest BCUT2D eigenvalue weighted by Gasteiger charge is 2.11. The van der Waals surface area contributed by atoms with Crippen LogP contribution in [0.15, 0.2) is 77.5 Å². The Morgan fingerprint density at radius 1 is 0.611 bits per heavy atom. The Bertz CT molecular complexity index is 548. The van der Waals surface area contributed by atoms with Crippen LogP contribution in [0.1, 0.15) is 0 Å². The maximum absolute atomic E-state index is 2.26. The normalized spacial score (nSPS) is 10.2. The van der Waals surface area contributed by atoms with Crippen LogP contribution in [0.3, 0.4) is 0 Å². The molecule has 0 N–H and O–H groups in total. The van der Waals surface area contributed by atoms with E-state index in [1.165, 1.54) is 17.1 Å². The van der Waals surface area contributed by atoms with Crippen molar-refractivity contribution in [3.8, 4) is 0 Å². The van der Waals surface area contributed by atoms with Gasteiger partial charge >= 0.3 is 0 Å². The smallest absolute Gasteiger partial charge is 0.0568 e. The van der Waals surface area contributed by atoms with Gasteiger partial charge in [-0.2, -0.15) is 11.3 Å². The molecular formula is C16H13NS. The standard InChI is InChI=1S/C16H13NS/c1-3-7-14(8-4-1)17(16-11-12-18-13-16)15-9-5-2-6-10-15/h1-13H. The Morgan fingerprint density at radius 3 is 1.61 bits per heavy atom. The number of para-hydroxylation sites is 2. The molecule has 0 unspecified atom stereocenters. The molecule has 0 amide bonds. The molecule has 0 radical (unpaired) electrons. The van der Waals surface area contributed by atoms with Crippen molar-refractivity contribution in [2.45, 2.75) is 0 Å². The lowest BCUT2D eigenvalue weighted by molar-refractivity contribution is 1.30. The molecule has 0 aliphatic heterocycles. The monoisotopic (exact) mass is 251 g/mol. The zero-order valence-corrected chi connectivity index (χ0v) is 10.7. The van der Waals surface area contributed by atoms with Gasteiger partial charge in [-0.1, -0.05) is 36.4 Å². The number of hydrogen-bond acceptors (Lipinski definition) is 2. The van der Waals surface area contributed by atoms with Crippen molar-refractivity contribution >= 4 is 28.4 Å². The van der Waals surface area contributed by atoms with Crippen LogP contribution in [-0.4, -0.2) is 0 Å². The fraction of sp³-hybridized carbons (Fsp3) is 0. The van der Waals surface area contributed by atoms with Gasteiger partial charge in [-0.25, -0.2) is 0 Å². The first-order valence-electron chi connectivity index (χ1n) is 5.87. The first-order chi connectivity index (χ1) is 8.95. The van der Waals surface area contributed by atoms with Crippen LogP contribution in [0.5, 0.6) is 0 Å². The van der Waals surface area contributed by atoms with Gasteiger partial charge in [0.2, 0.25) is 0 Å². The topological polar surface area (TPSA) is 3.24 Å². The molecule has 0 aliphatic rings. The molecule has 0 fully saturated rings. The third kappa shape index (κ3) is 2.15. The number of hydrogen-bond donors (Lipinski definition) is 0. The minimum absolute atomic E-state index is 1.18. The molecule has 0 spiro atoms. The van der Waals surface area contributed by atoms with Gasteiger partial charge in [0.05, 0.1) is 5.69 Å². The predicted molar refractivity (Wildman–Crippen MR) is 79.0 cm³/mol. The van der Waals surface area contributed by atoms with E-state index in [0.717, 1.165) is 0 Å². The van der Waals surface area contributed by atoms with Crippen molar-refractivity contribution in [1.29, 1.82) is 0 Å². The van der Waals surface area contributed by atoms with E-state index in [1.807, 2.05) is 12.1 Å². The summed E-state index contributed by atoms with van der Waals surface area (Å²) in [5, 5.41) is 4.27. The Morgan fingerprint density at radius 2 is 1.17 bits per heavy atom. The maximum atomic E-state index is 2.26. The molecule has 0 bridgehead atoms. The van der Waals surface area contributed by atoms with Crippen molar-refractivity contribution in [2.75, 3.05) is 4.90 Å². The average Bonchev–Trinajstić information content (AvgIpc) is 2.95. The van der Waals surface area contributed by atoms with E-state index in [2.05, 4.69) is 70.3 Å². The van der Waals surface area contributed by atoms with Gasteiger partial charge in [0.1, 0.15) is 0 Å². The second-order valence-corrected chi connectivity index (χ2v) is 4.77. The summed E-state index contributed by atoms with van der Waals surface area (Å²) in [6, 6.07) is 23.0. The van der Waals surface area contributed by atoms with E-state index < -0.39 is 0 Å².